The summed E-state index contributed by atoms with van der Waals surface area (Å²) in [7, 11) is 0. The van der Waals surface area contributed by atoms with Crippen LogP contribution in [-0.2, 0) is 11.2 Å². The van der Waals surface area contributed by atoms with E-state index in [1.165, 1.54) is 6.07 Å². The van der Waals surface area contributed by atoms with E-state index in [2.05, 4.69) is 0 Å². The van der Waals surface area contributed by atoms with Gasteiger partial charge >= 0.3 is 17.3 Å². The number of aliphatic carboxylic acids is 1. The average Bonchev–Trinajstić information content (AvgIpc) is 2.28. The van der Waals surface area contributed by atoms with E-state index >= 15 is 0 Å². The van der Waals surface area contributed by atoms with Crippen molar-refractivity contribution in [2.24, 2.45) is 5.73 Å². The number of nitrogens with two attached hydrogens (primary N) is 1. The van der Waals surface area contributed by atoms with Crippen LogP contribution < -0.4 is 5.73 Å². The molecule has 0 aliphatic heterocycles. The third-order valence-corrected chi connectivity index (χ3v) is 2.21. The van der Waals surface area contributed by atoms with Crippen LogP contribution in [0.15, 0.2) is 18.2 Å². The number of rotatable bonds is 5. The highest BCUT2D eigenvalue weighted by atomic mass is 16.6. The monoisotopic (exact) mass is 255 g/mol. The lowest BCUT2D eigenvalue weighted by Crippen LogP contribution is -2.32. The number of hydrogen-bond donors (Lipinski definition) is 2. The maximum Gasteiger partial charge on any atom is 0.346 e. The van der Waals surface area contributed by atoms with Crippen molar-refractivity contribution in [1.29, 1.82) is 0 Å². The standard InChI is InChI=1S/C9H9N3O6/c10-6(9(13)14)3-5-1-2-7(11(15)16)8(4-5)12(17)18/h1-2,4,6H,3,10H2,(H,13,14). The molecular formula is C9H9N3O6. The van der Waals surface area contributed by atoms with Crippen LogP contribution in [0.5, 0.6) is 0 Å². The molecule has 1 aromatic rings. The van der Waals surface area contributed by atoms with Crippen molar-refractivity contribution in [3.63, 3.8) is 0 Å². The number of carboxylic acids is 1. The second-order valence-electron chi connectivity index (χ2n) is 3.49. The zero-order chi connectivity index (χ0) is 13.9. The van der Waals surface area contributed by atoms with Gasteiger partial charge in [-0.15, -0.1) is 0 Å². The fourth-order valence-electron chi connectivity index (χ4n) is 1.34. The lowest BCUT2D eigenvalue weighted by Gasteiger charge is -2.05. The Morgan fingerprint density at radius 1 is 1.28 bits per heavy atom. The average molecular weight is 255 g/mol. The smallest absolute Gasteiger partial charge is 0.346 e. The van der Waals surface area contributed by atoms with Gasteiger partial charge in [0.05, 0.1) is 9.85 Å². The Morgan fingerprint density at radius 3 is 2.28 bits per heavy atom. The van der Waals surface area contributed by atoms with E-state index in [9.17, 15) is 25.0 Å². The Bertz CT molecular complexity index is 515. The first kappa shape index (κ1) is 13.5. The van der Waals surface area contributed by atoms with Gasteiger partial charge in [0.2, 0.25) is 0 Å². The topological polar surface area (TPSA) is 150 Å². The van der Waals surface area contributed by atoms with Gasteiger partial charge in [0.1, 0.15) is 6.04 Å². The summed E-state index contributed by atoms with van der Waals surface area (Å²) in [5.74, 6) is -1.25. The minimum absolute atomic E-state index is 0.145. The van der Waals surface area contributed by atoms with E-state index in [1.807, 2.05) is 0 Å². The van der Waals surface area contributed by atoms with Gasteiger partial charge in [0.25, 0.3) is 0 Å². The summed E-state index contributed by atoms with van der Waals surface area (Å²) < 4.78 is 0. The van der Waals surface area contributed by atoms with Crippen LogP contribution in [0.1, 0.15) is 5.56 Å². The van der Waals surface area contributed by atoms with Crippen LogP contribution >= 0.6 is 0 Å². The first-order chi connectivity index (χ1) is 8.32. The molecule has 0 amide bonds. The summed E-state index contributed by atoms with van der Waals surface area (Å²) in [6.07, 6.45) is -0.145. The summed E-state index contributed by atoms with van der Waals surface area (Å²) in [6.45, 7) is 0. The molecule has 9 heteroatoms. The van der Waals surface area contributed by atoms with Gasteiger partial charge in [0.15, 0.2) is 0 Å². The number of benzene rings is 1. The number of nitro benzene ring substituents is 2. The molecule has 18 heavy (non-hydrogen) atoms. The molecule has 1 atom stereocenters. The van der Waals surface area contributed by atoms with Crippen molar-refractivity contribution >= 4 is 17.3 Å². The highest BCUT2D eigenvalue weighted by Gasteiger charge is 2.25. The van der Waals surface area contributed by atoms with E-state index in [0.29, 0.717) is 0 Å². The molecule has 0 aliphatic carbocycles. The van der Waals surface area contributed by atoms with Crippen molar-refractivity contribution in [3.05, 3.63) is 44.0 Å². The third-order valence-electron chi connectivity index (χ3n) is 2.21. The quantitative estimate of drug-likeness (QED) is 0.572. The molecule has 0 bridgehead atoms. The SMILES string of the molecule is NC(Cc1ccc([N+](=O)[O-])c([N+](=O)[O-])c1)C(=O)O. The molecule has 9 nitrogen and oxygen atoms in total. The van der Waals surface area contributed by atoms with E-state index in [1.54, 1.807) is 0 Å². The second kappa shape index (κ2) is 5.19. The normalized spacial score (nSPS) is 11.8. The molecule has 0 spiro atoms. The van der Waals surface area contributed by atoms with Gasteiger partial charge < -0.3 is 10.8 Å². The van der Waals surface area contributed by atoms with Crippen LogP contribution in [0.3, 0.4) is 0 Å². The van der Waals surface area contributed by atoms with Crippen LogP contribution in [0.4, 0.5) is 11.4 Å². The maximum atomic E-state index is 10.7. The van der Waals surface area contributed by atoms with Crippen molar-refractivity contribution in [2.75, 3.05) is 0 Å². The van der Waals surface area contributed by atoms with Crippen molar-refractivity contribution in [2.45, 2.75) is 12.5 Å². The second-order valence-corrected chi connectivity index (χ2v) is 3.49. The first-order valence-corrected chi connectivity index (χ1v) is 4.73. The van der Waals surface area contributed by atoms with Crippen LogP contribution in [0.2, 0.25) is 0 Å². The predicted octanol–water partition coefficient (Wildman–Crippen LogP) is 0.457. The molecule has 0 aromatic heterocycles. The zero-order valence-corrected chi connectivity index (χ0v) is 8.98. The molecule has 0 fully saturated rings. The molecule has 0 aliphatic rings. The minimum atomic E-state index is -1.25. The first-order valence-electron chi connectivity index (χ1n) is 4.73. The van der Waals surface area contributed by atoms with E-state index in [0.717, 1.165) is 12.1 Å². The van der Waals surface area contributed by atoms with Crippen LogP contribution in [0.25, 0.3) is 0 Å². The zero-order valence-electron chi connectivity index (χ0n) is 8.98. The fraction of sp³-hybridized carbons (Fsp3) is 0.222. The molecule has 1 rings (SSSR count). The van der Waals surface area contributed by atoms with Crippen LogP contribution in [0, 0.1) is 20.2 Å². The highest BCUT2D eigenvalue weighted by molar-refractivity contribution is 5.73. The lowest BCUT2D eigenvalue weighted by atomic mass is 10.1. The maximum absolute atomic E-state index is 10.7. The molecule has 0 heterocycles. The Labute approximate surface area is 100 Å². The Kier molecular flexibility index (Phi) is 3.89. The van der Waals surface area contributed by atoms with E-state index in [-0.39, 0.29) is 12.0 Å². The van der Waals surface area contributed by atoms with Gasteiger partial charge in [-0.2, -0.15) is 0 Å². The Hall–Kier alpha value is -2.55. The summed E-state index contributed by atoms with van der Waals surface area (Å²) in [5.41, 5.74) is 4.19. The summed E-state index contributed by atoms with van der Waals surface area (Å²) in [5, 5.41) is 29.8. The van der Waals surface area contributed by atoms with Crippen molar-refractivity contribution < 1.29 is 19.7 Å². The number of nitrogens with zero attached hydrogens (tertiary/aromatic N) is 2. The minimum Gasteiger partial charge on any atom is -0.480 e. The molecule has 0 saturated heterocycles. The molecule has 0 saturated carbocycles. The van der Waals surface area contributed by atoms with E-state index in [4.69, 9.17) is 10.8 Å². The predicted molar refractivity (Wildman–Crippen MR) is 59.1 cm³/mol. The number of carbonyl (C=O) groups is 1. The Balaban J connectivity index is 3.11. The van der Waals surface area contributed by atoms with Gasteiger partial charge in [-0.1, -0.05) is 6.07 Å². The van der Waals surface area contributed by atoms with Gasteiger partial charge in [0, 0.05) is 12.1 Å². The van der Waals surface area contributed by atoms with Gasteiger partial charge in [-0.3, -0.25) is 25.0 Å². The number of nitro groups is 2. The van der Waals surface area contributed by atoms with Crippen molar-refractivity contribution in [1.82, 2.24) is 0 Å². The summed E-state index contributed by atoms with van der Waals surface area (Å²) in [4.78, 5) is 30.0. The van der Waals surface area contributed by atoms with E-state index < -0.39 is 33.2 Å². The molecular weight excluding hydrogens is 246 g/mol. The lowest BCUT2D eigenvalue weighted by molar-refractivity contribution is -0.422. The van der Waals surface area contributed by atoms with Gasteiger partial charge in [-0.25, -0.2) is 0 Å². The van der Waals surface area contributed by atoms with Crippen LogP contribution in [-0.4, -0.2) is 27.0 Å². The molecule has 3 N–H and O–H groups in total. The number of carboxylic acid groups (broad SMARTS) is 1. The summed E-state index contributed by atoms with van der Waals surface area (Å²) in [6, 6.07) is 1.95. The molecule has 1 aromatic carbocycles. The van der Waals surface area contributed by atoms with Gasteiger partial charge in [-0.05, 0) is 12.0 Å². The summed E-state index contributed by atoms with van der Waals surface area (Å²) >= 11 is 0. The largest absolute Gasteiger partial charge is 0.480 e. The molecule has 1 unspecified atom stereocenters. The third kappa shape index (κ3) is 2.98. The fourth-order valence-corrected chi connectivity index (χ4v) is 1.34. The molecule has 96 valence electrons. The molecule has 0 radical (unpaired) electrons. The number of hydrogen-bond acceptors (Lipinski definition) is 6. The van der Waals surface area contributed by atoms with Crippen molar-refractivity contribution in [3.8, 4) is 0 Å². The Morgan fingerprint density at radius 2 is 1.83 bits per heavy atom. The highest BCUT2D eigenvalue weighted by Crippen LogP contribution is 2.27.